The van der Waals surface area contributed by atoms with Crippen LogP contribution in [0.15, 0.2) is 24.3 Å². The molecule has 0 saturated carbocycles. The molecule has 0 bridgehead atoms. The molecule has 2 fully saturated rings. The standard InChI is InChI=1S/C27H32O15/c28-6-12-17(32)21(36)23(38)26(41-12)15-19(34)14-10(31)5-11(8-1-3-9(30)4-2-8)40-25(14)16(20(15)35)27-24(39)22(37)18(33)13(7-29)42-27/h1-4,11-13,17-18,21-24,26-30,32-39H,5-7H2/t11-,12-,13-,17-,18-,21+,22+,23-,24-,26?,27?/m1/s1. The maximum absolute atomic E-state index is 13.5. The SMILES string of the molecule is O=C1C[C@H](c2ccc(O)cc2)Oc2c1c(O)c(C1O[C@H](CO)[C@@H](O)[C@H](O)[C@H]1O)c(O)c2C1O[C@H](CO)[C@@H](O)[C@H](O)[C@H]1O. The van der Waals surface area contributed by atoms with Crippen molar-refractivity contribution in [2.45, 2.75) is 73.6 Å². The van der Waals surface area contributed by atoms with Crippen molar-refractivity contribution in [3.63, 3.8) is 0 Å². The van der Waals surface area contributed by atoms with Crippen LogP contribution in [-0.4, -0.2) is 124 Å². The van der Waals surface area contributed by atoms with Gasteiger partial charge < -0.3 is 70.4 Å². The average molecular weight is 597 g/mol. The van der Waals surface area contributed by atoms with Gasteiger partial charge in [0.25, 0.3) is 0 Å². The van der Waals surface area contributed by atoms with Gasteiger partial charge in [-0.3, -0.25) is 4.79 Å². The summed E-state index contributed by atoms with van der Waals surface area (Å²) in [5, 5.41) is 115. The van der Waals surface area contributed by atoms with Crippen molar-refractivity contribution in [1.29, 1.82) is 0 Å². The van der Waals surface area contributed by atoms with E-state index in [1.54, 1.807) is 0 Å². The molecule has 15 heteroatoms. The molecule has 0 spiro atoms. The number of hydrogen-bond acceptors (Lipinski definition) is 15. The molecule has 3 aliphatic rings. The molecular weight excluding hydrogens is 564 g/mol. The van der Waals surface area contributed by atoms with Crippen LogP contribution in [0.1, 0.15) is 51.8 Å². The van der Waals surface area contributed by atoms with E-state index in [0.29, 0.717) is 5.56 Å². The number of rotatable bonds is 5. The highest BCUT2D eigenvalue weighted by Crippen LogP contribution is 2.55. The first-order chi connectivity index (χ1) is 19.9. The molecule has 3 aliphatic heterocycles. The highest BCUT2D eigenvalue weighted by atomic mass is 16.6. The van der Waals surface area contributed by atoms with Crippen molar-refractivity contribution < 1.29 is 75.2 Å². The number of hydrogen-bond donors (Lipinski definition) is 11. The van der Waals surface area contributed by atoms with E-state index in [1.165, 1.54) is 24.3 Å². The molecule has 11 N–H and O–H groups in total. The lowest BCUT2D eigenvalue weighted by Crippen LogP contribution is -2.55. The summed E-state index contributed by atoms with van der Waals surface area (Å²) in [6.45, 7) is -1.68. The molecule has 15 nitrogen and oxygen atoms in total. The van der Waals surface area contributed by atoms with Crippen molar-refractivity contribution in [2.75, 3.05) is 13.2 Å². The van der Waals surface area contributed by atoms with E-state index >= 15 is 0 Å². The van der Waals surface area contributed by atoms with Gasteiger partial charge in [-0.2, -0.15) is 0 Å². The summed E-state index contributed by atoms with van der Waals surface area (Å²) in [4.78, 5) is 13.5. The number of phenolic OH excluding ortho intramolecular Hbond substituents is 3. The molecule has 230 valence electrons. The van der Waals surface area contributed by atoms with Gasteiger partial charge in [0.1, 0.15) is 95.7 Å². The van der Waals surface area contributed by atoms with Gasteiger partial charge in [-0.1, -0.05) is 12.1 Å². The van der Waals surface area contributed by atoms with E-state index in [2.05, 4.69) is 0 Å². The Bertz CT molecular complexity index is 1310. The topological polar surface area (TPSA) is 267 Å². The van der Waals surface area contributed by atoms with Crippen LogP contribution in [-0.2, 0) is 9.47 Å². The fraction of sp³-hybridized carbons (Fsp3) is 0.519. The van der Waals surface area contributed by atoms with Crippen LogP contribution in [0, 0.1) is 0 Å². The maximum atomic E-state index is 13.5. The molecule has 3 heterocycles. The predicted octanol–water partition coefficient (Wildman–Crippen LogP) is -2.46. The number of carbonyl (C=O) groups is 1. The minimum Gasteiger partial charge on any atom is -0.508 e. The number of Topliss-reactive ketones (excluding diaryl/α,β-unsaturated/α-hetero) is 1. The molecule has 0 aliphatic carbocycles. The largest absolute Gasteiger partial charge is 0.508 e. The normalized spacial score (nSPS) is 36.8. The Balaban J connectivity index is 1.72. The second-order valence-electron chi connectivity index (χ2n) is 10.6. The molecule has 2 saturated heterocycles. The van der Waals surface area contributed by atoms with Crippen LogP contribution in [0.4, 0.5) is 0 Å². The van der Waals surface area contributed by atoms with Crippen molar-refractivity contribution in [1.82, 2.24) is 0 Å². The van der Waals surface area contributed by atoms with E-state index < -0.39 is 120 Å². The zero-order valence-corrected chi connectivity index (χ0v) is 21.8. The second-order valence-corrected chi connectivity index (χ2v) is 10.6. The summed E-state index contributed by atoms with van der Waals surface area (Å²) in [5.41, 5.74) is -1.34. The van der Waals surface area contributed by atoms with Crippen LogP contribution < -0.4 is 4.74 Å². The quantitative estimate of drug-likeness (QED) is 0.171. The highest BCUT2D eigenvalue weighted by Gasteiger charge is 2.51. The van der Waals surface area contributed by atoms with E-state index in [-0.39, 0.29) is 12.2 Å². The molecule has 0 aromatic heterocycles. The number of ether oxygens (including phenoxy) is 3. The molecular formula is C27H32O15. The zero-order chi connectivity index (χ0) is 30.6. The van der Waals surface area contributed by atoms with Crippen molar-refractivity contribution in [3.05, 3.63) is 46.5 Å². The summed E-state index contributed by atoms with van der Waals surface area (Å²) >= 11 is 0. The number of aromatic hydroxyl groups is 3. The molecule has 5 rings (SSSR count). The van der Waals surface area contributed by atoms with Crippen LogP contribution in [0.25, 0.3) is 0 Å². The lowest BCUT2D eigenvalue weighted by atomic mass is 9.82. The molecule has 0 amide bonds. The lowest BCUT2D eigenvalue weighted by Gasteiger charge is -2.43. The smallest absolute Gasteiger partial charge is 0.174 e. The monoisotopic (exact) mass is 596 g/mol. The zero-order valence-electron chi connectivity index (χ0n) is 21.8. The summed E-state index contributed by atoms with van der Waals surface area (Å²) in [6, 6.07) is 5.62. The Morgan fingerprint density at radius 1 is 0.667 bits per heavy atom. The summed E-state index contributed by atoms with van der Waals surface area (Å²) in [5.74, 6) is -3.21. The minimum atomic E-state index is -2.01. The van der Waals surface area contributed by atoms with Gasteiger partial charge in [0, 0.05) is 0 Å². The van der Waals surface area contributed by atoms with E-state index in [4.69, 9.17) is 14.2 Å². The minimum absolute atomic E-state index is 0.0669. The molecule has 2 aromatic carbocycles. The van der Waals surface area contributed by atoms with Crippen LogP contribution in [0.5, 0.6) is 23.0 Å². The van der Waals surface area contributed by atoms with Gasteiger partial charge in [-0.15, -0.1) is 0 Å². The number of benzene rings is 2. The van der Waals surface area contributed by atoms with Crippen molar-refractivity contribution in [3.8, 4) is 23.0 Å². The van der Waals surface area contributed by atoms with Crippen molar-refractivity contribution >= 4 is 5.78 Å². The summed E-state index contributed by atoms with van der Waals surface area (Å²) in [6.07, 6.45) is -19.4. The fourth-order valence-electron chi connectivity index (χ4n) is 5.67. The van der Waals surface area contributed by atoms with Gasteiger partial charge >= 0.3 is 0 Å². The third-order valence-corrected chi connectivity index (χ3v) is 8.00. The van der Waals surface area contributed by atoms with Crippen LogP contribution in [0.2, 0.25) is 0 Å². The van der Waals surface area contributed by atoms with Gasteiger partial charge in [0.2, 0.25) is 0 Å². The number of carbonyl (C=O) groups excluding carboxylic acids is 1. The third-order valence-electron chi connectivity index (χ3n) is 8.00. The summed E-state index contributed by atoms with van der Waals surface area (Å²) in [7, 11) is 0. The Labute approximate surface area is 237 Å². The van der Waals surface area contributed by atoms with Crippen LogP contribution >= 0.6 is 0 Å². The lowest BCUT2D eigenvalue weighted by molar-refractivity contribution is -0.234. The Hall–Kier alpha value is -3.09. The predicted molar refractivity (Wildman–Crippen MR) is 136 cm³/mol. The number of phenols is 3. The van der Waals surface area contributed by atoms with Gasteiger partial charge in [0.05, 0.1) is 30.8 Å². The maximum Gasteiger partial charge on any atom is 0.174 e. The van der Waals surface area contributed by atoms with Gasteiger partial charge in [-0.25, -0.2) is 0 Å². The first-order valence-corrected chi connectivity index (χ1v) is 13.1. The molecule has 2 aromatic rings. The number of ketones is 1. The number of aliphatic hydroxyl groups excluding tert-OH is 8. The number of fused-ring (bicyclic) bond motifs is 1. The van der Waals surface area contributed by atoms with Crippen molar-refractivity contribution in [2.24, 2.45) is 0 Å². The Morgan fingerprint density at radius 3 is 1.67 bits per heavy atom. The van der Waals surface area contributed by atoms with E-state index in [0.717, 1.165) is 0 Å². The van der Waals surface area contributed by atoms with Crippen LogP contribution in [0.3, 0.4) is 0 Å². The van der Waals surface area contributed by atoms with Gasteiger partial charge in [-0.05, 0) is 17.7 Å². The second kappa shape index (κ2) is 11.5. The fourth-order valence-corrected chi connectivity index (χ4v) is 5.67. The molecule has 42 heavy (non-hydrogen) atoms. The average Bonchev–Trinajstić information content (AvgIpc) is 2.97. The highest BCUT2D eigenvalue weighted by molar-refractivity contribution is 6.04. The van der Waals surface area contributed by atoms with Gasteiger partial charge in [0.15, 0.2) is 5.78 Å². The first-order valence-electron chi connectivity index (χ1n) is 13.1. The van der Waals surface area contributed by atoms with E-state index in [9.17, 15) is 61.0 Å². The first kappa shape index (κ1) is 30.4. The Kier molecular flexibility index (Phi) is 8.34. The summed E-state index contributed by atoms with van der Waals surface area (Å²) < 4.78 is 17.2. The molecule has 11 atom stereocenters. The number of aliphatic hydroxyl groups is 8. The molecule has 2 unspecified atom stereocenters. The van der Waals surface area contributed by atoms with E-state index in [1.807, 2.05) is 0 Å². The Morgan fingerprint density at radius 2 is 1.17 bits per heavy atom. The third kappa shape index (κ3) is 4.87. The molecule has 0 radical (unpaired) electrons.